The fourth-order valence-corrected chi connectivity index (χ4v) is 2.10. The van der Waals surface area contributed by atoms with Gasteiger partial charge >= 0.3 is 6.18 Å². The molecule has 78 valence electrons. The van der Waals surface area contributed by atoms with Crippen molar-refractivity contribution in [2.75, 3.05) is 5.75 Å². The van der Waals surface area contributed by atoms with E-state index in [1.807, 2.05) is 6.07 Å². The molecule has 0 aliphatic heterocycles. The van der Waals surface area contributed by atoms with E-state index in [1.54, 1.807) is 18.2 Å². The van der Waals surface area contributed by atoms with Crippen LogP contribution in [0.1, 0.15) is 5.56 Å². The molecular formula is C9H8F3IS. The number of thioether (sulfide) groups is 1. The second kappa shape index (κ2) is 5.25. The zero-order valence-electron chi connectivity index (χ0n) is 7.14. The first kappa shape index (κ1) is 12.2. The quantitative estimate of drug-likeness (QED) is 0.452. The maximum absolute atomic E-state index is 11.9. The third-order valence-corrected chi connectivity index (χ3v) is 3.39. The standard InChI is InChI=1S/C9H8F3IS/c10-9(11,12)6-14-8-3-1-2-7(4-8)5-13/h1-4H,5-6H2. The first-order chi connectivity index (χ1) is 6.51. The highest BCUT2D eigenvalue weighted by molar-refractivity contribution is 14.1. The van der Waals surface area contributed by atoms with Crippen molar-refractivity contribution in [2.24, 2.45) is 0 Å². The van der Waals surface area contributed by atoms with Gasteiger partial charge < -0.3 is 0 Å². The van der Waals surface area contributed by atoms with Crippen LogP contribution in [0.4, 0.5) is 13.2 Å². The first-order valence-corrected chi connectivity index (χ1v) is 6.37. The number of halogens is 4. The van der Waals surface area contributed by atoms with Gasteiger partial charge in [-0.25, -0.2) is 0 Å². The van der Waals surface area contributed by atoms with Crippen molar-refractivity contribution in [3.05, 3.63) is 29.8 Å². The van der Waals surface area contributed by atoms with Gasteiger partial charge in [-0.15, -0.1) is 11.8 Å². The van der Waals surface area contributed by atoms with Gasteiger partial charge in [-0.1, -0.05) is 34.7 Å². The van der Waals surface area contributed by atoms with Crippen LogP contribution in [0.2, 0.25) is 0 Å². The maximum atomic E-state index is 11.9. The predicted octanol–water partition coefficient (Wildman–Crippen LogP) is 4.28. The molecule has 0 atom stereocenters. The van der Waals surface area contributed by atoms with Crippen LogP contribution in [-0.4, -0.2) is 11.9 Å². The summed E-state index contributed by atoms with van der Waals surface area (Å²) in [5.41, 5.74) is 1.05. The Labute approximate surface area is 98.4 Å². The highest BCUT2D eigenvalue weighted by Gasteiger charge is 2.27. The van der Waals surface area contributed by atoms with Crippen molar-refractivity contribution >= 4 is 34.4 Å². The SMILES string of the molecule is FC(F)(F)CSc1cccc(CI)c1. The van der Waals surface area contributed by atoms with Crippen molar-refractivity contribution in [3.63, 3.8) is 0 Å². The summed E-state index contributed by atoms with van der Waals surface area (Å²) in [6.07, 6.45) is -4.09. The molecule has 0 aliphatic carbocycles. The molecule has 0 fully saturated rings. The van der Waals surface area contributed by atoms with Gasteiger partial charge in [-0.05, 0) is 17.7 Å². The van der Waals surface area contributed by atoms with Crippen LogP contribution in [0.5, 0.6) is 0 Å². The molecule has 0 unspecified atom stereocenters. The van der Waals surface area contributed by atoms with Crippen LogP contribution in [0, 0.1) is 0 Å². The van der Waals surface area contributed by atoms with Gasteiger partial charge in [0, 0.05) is 9.32 Å². The summed E-state index contributed by atoms with van der Waals surface area (Å²) in [5.74, 6) is -0.822. The first-order valence-electron chi connectivity index (χ1n) is 3.86. The van der Waals surface area contributed by atoms with Crippen LogP contribution in [0.3, 0.4) is 0 Å². The smallest absolute Gasteiger partial charge is 0.170 e. The number of alkyl halides is 4. The highest BCUT2D eigenvalue weighted by atomic mass is 127. The maximum Gasteiger partial charge on any atom is 0.398 e. The van der Waals surface area contributed by atoms with E-state index in [1.165, 1.54) is 0 Å². The number of hydrogen-bond acceptors (Lipinski definition) is 1. The summed E-state index contributed by atoms with van der Waals surface area (Å²) < 4.78 is 36.5. The average Bonchev–Trinajstić information content (AvgIpc) is 2.14. The molecule has 1 aromatic carbocycles. The van der Waals surface area contributed by atoms with E-state index in [4.69, 9.17) is 0 Å². The molecule has 0 spiro atoms. The molecule has 0 heterocycles. The molecule has 0 saturated heterocycles. The Morgan fingerprint density at radius 2 is 2.00 bits per heavy atom. The van der Waals surface area contributed by atoms with Crippen LogP contribution in [0.25, 0.3) is 0 Å². The van der Waals surface area contributed by atoms with Crippen LogP contribution in [0.15, 0.2) is 29.2 Å². The van der Waals surface area contributed by atoms with Crippen molar-refractivity contribution in [3.8, 4) is 0 Å². The molecular weight excluding hydrogens is 324 g/mol. The van der Waals surface area contributed by atoms with Crippen molar-refractivity contribution < 1.29 is 13.2 Å². The molecule has 5 heteroatoms. The molecule has 0 aromatic heterocycles. The summed E-state index contributed by atoms with van der Waals surface area (Å²) in [7, 11) is 0. The Kier molecular flexibility index (Phi) is 4.56. The Bertz CT molecular complexity index is 298. The van der Waals surface area contributed by atoms with Crippen LogP contribution >= 0.6 is 34.4 Å². The van der Waals surface area contributed by atoms with E-state index >= 15 is 0 Å². The van der Waals surface area contributed by atoms with Gasteiger partial charge in [0.15, 0.2) is 0 Å². The minimum Gasteiger partial charge on any atom is -0.170 e. The summed E-state index contributed by atoms with van der Waals surface area (Å²) in [4.78, 5) is 0.677. The zero-order valence-corrected chi connectivity index (χ0v) is 10.1. The molecule has 0 N–H and O–H groups in total. The highest BCUT2D eigenvalue weighted by Crippen LogP contribution is 2.27. The topological polar surface area (TPSA) is 0 Å². The number of rotatable bonds is 3. The van der Waals surface area contributed by atoms with Gasteiger partial charge in [-0.2, -0.15) is 13.2 Å². The lowest BCUT2D eigenvalue weighted by molar-refractivity contribution is -0.105. The number of hydrogen-bond donors (Lipinski definition) is 0. The average molecular weight is 332 g/mol. The molecule has 14 heavy (non-hydrogen) atoms. The van der Waals surface area contributed by atoms with E-state index in [2.05, 4.69) is 22.6 Å². The van der Waals surface area contributed by atoms with Gasteiger partial charge in [-0.3, -0.25) is 0 Å². The lowest BCUT2D eigenvalue weighted by Gasteiger charge is -2.06. The minimum atomic E-state index is -4.09. The number of benzene rings is 1. The van der Waals surface area contributed by atoms with E-state index in [0.29, 0.717) is 4.90 Å². The summed E-state index contributed by atoms with van der Waals surface area (Å²) >= 11 is 3.01. The van der Waals surface area contributed by atoms with Crippen molar-refractivity contribution in [2.45, 2.75) is 15.5 Å². The lowest BCUT2D eigenvalue weighted by atomic mass is 10.2. The molecule has 0 radical (unpaired) electrons. The van der Waals surface area contributed by atoms with Gasteiger partial charge in [0.25, 0.3) is 0 Å². The predicted molar refractivity (Wildman–Crippen MR) is 60.9 cm³/mol. The molecule has 1 aromatic rings. The van der Waals surface area contributed by atoms with E-state index in [-0.39, 0.29) is 0 Å². The zero-order chi connectivity index (χ0) is 10.6. The van der Waals surface area contributed by atoms with Crippen LogP contribution in [-0.2, 0) is 4.43 Å². The Morgan fingerprint density at radius 3 is 2.57 bits per heavy atom. The lowest BCUT2D eigenvalue weighted by Crippen LogP contribution is -2.10. The molecule has 0 bridgehead atoms. The second-order valence-corrected chi connectivity index (χ2v) is 4.50. The largest absolute Gasteiger partial charge is 0.398 e. The normalized spacial score (nSPS) is 11.7. The third kappa shape index (κ3) is 4.54. The molecule has 1 rings (SSSR count). The summed E-state index contributed by atoms with van der Waals surface area (Å²) in [5, 5.41) is 0. The van der Waals surface area contributed by atoms with Gasteiger partial charge in [0.1, 0.15) is 0 Å². The van der Waals surface area contributed by atoms with Crippen molar-refractivity contribution in [1.29, 1.82) is 0 Å². The second-order valence-electron chi connectivity index (χ2n) is 2.68. The van der Waals surface area contributed by atoms with E-state index in [9.17, 15) is 13.2 Å². The third-order valence-electron chi connectivity index (χ3n) is 1.46. The van der Waals surface area contributed by atoms with E-state index < -0.39 is 11.9 Å². The Hall–Kier alpha value is 0.0900. The summed E-state index contributed by atoms with van der Waals surface area (Å²) in [6.45, 7) is 0. The summed E-state index contributed by atoms with van der Waals surface area (Å²) in [6, 6.07) is 7.19. The molecule has 0 saturated carbocycles. The van der Waals surface area contributed by atoms with Crippen molar-refractivity contribution in [1.82, 2.24) is 0 Å². The van der Waals surface area contributed by atoms with Crippen LogP contribution < -0.4 is 0 Å². The van der Waals surface area contributed by atoms with Gasteiger partial charge in [0.05, 0.1) is 5.75 Å². The minimum absolute atomic E-state index is 0.677. The molecule has 0 aliphatic rings. The van der Waals surface area contributed by atoms with Gasteiger partial charge in [0.2, 0.25) is 0 Å². The fraction of sp³-hybridized carbons (Fsp3) is 0.333. The Morgan fingerprint density at radius 1 is 1.29 bits per heavy atom. The monoisotopic (exact) mass is 332 g/mol. The Balaban J connectivity index is 2.59. The van der Waals surface area contributed by atoms with E-state index in [0.717, 1.165) is 21.8 Å². The molecule has 0 amide bonds. The molecule has 0 nitrogen and oxygen atoms in total. The fourth-order valence-electron chi connectivity index (χ4n) is 0.884.